The molecule has 5 nitrogen and oxygen atoms in total. The van der Waals surface area contributed by atoms with Crippen LogP contribution < -0.4 is 5.32 Å². The van der Waals surface area contributed by atoms with Crippen LogP contribution in [0.2, 0.25) is 0 Å². The summed E-state index contributed by atoms with van der Waals surface area (Å²) in [6.07, 6.45) is 5.23. The first-order valence-electron chi connectivity index (χ1n) is 7.21. The Kier molecular flexibility index (Phi) is 3.61. The molecule has 2 heterocycles. The largest absolute Gasteiger partial charge is 0.314 e. The van der Waals surface area contributed by atoms with E-state index in [0.717, 1.165) is 37.8 Å². The number of nitrogens with one attached hydrogen (secondary N) is 2. The summed E-state index contributed by atoms with van der Waals surface area (Å²) in [5, 5.41) is 11.0. The standard InChI is InChI=1S/C13H23N5/c1-10(18-8-6-14-7-9-18)12-15-13(17-16-12)11-4-2-3-5-11/h10-11,14H,2-9H2,1H3,(H,15,16,17). The number of H-pyrrole nitrogens is 1. The summed E-state index contributed by atoms with van der Waals surface area (Å²) in [5.74, 6) is 2.71. The third-order valence-electron chi connectivity index (χ3n) is 4.33. The van der Waals surface area contributed by atoms with Gasteiger partial charge < -0.3 is 5.32 Å². The van der Waals surface area contributed by atoms with E-state index < -0.39 is 0 Å². The molecule has 100 valence electrons. The van der Waals surface area contributed by atoms with E-state index in [2.05, 4.69) is 27.3 Å². The van der Waals surface area contributed by atoms with Gasteiger partial charge in [0, 0.05) is 32.1 Å². The smallest absolute Gasteiger partial charge is 0.167 e. The zero-order chi connectivity index (χ0) is 12.4. The molecule has 1 saturated heterocycles. The lowest BCUT2D eigenvalue weighted by Gasteiger charge is -2.31. The molecule has 2 fully saturated rings. The molecule has 3 rings (SSSR count). The van der Waals surface area contributed by atoms with Crippen molar-refractivity contribution >= 4 is 0 Å². The van der Waals surface area contributed by atoms with Gasteiger partial charge in [-0.15, -0.1) is 0 Å². The van der Waals surface area contributed by atoms with Crippen molar-refractivity contribution in [2.45, 2.75) is 44.6 Å². The zero-order valence-electron chi connectivity index (χ0n) is 11.2. The van der Waals surface area contributed by atoms with Gasteiger partial charge >= 0.3 is 0 Å². The Labute approximate surface area is 108 Å². The molecular formula is C13H23N5. The van der Waals surface area contributed by atoms with E-state index in [4.69, 9.17) is 4.98 Å². The van der Waals surface area contributed by atoms with Gasteiger partial charge in [-0.2, -0.15) is 5.10 Å². The van der Waals surface area contributed by atoms with Crippen LogP contribution >= 0.6 is 0 Å². The van der Waals surface area contributed by atoms with Gasteiger partial charge in [0.25, 0.3) is 0 Å². The number of aromatic nitrogens is 3. The lowest BCUT2D eigenvalue weighted by atomic mass is 10.1. The van der Waals surface area contributed by atoms with Gasteiger partial charge in [-0.3, -0.25) is 10.00 Å². The maximum atomic E-state index is 4.74. The van der Waals surface area contributed by atoms with Gasteiger partial charge in [0.15, 0.2) is 5.82 Å². The predicted octanol–water partition coefficient (Wildman–Crippen LogP) is 1.43. The van der Waals surface area contributed by atoms with Crippen molar-refractivity contribution in [3.05, 3.63) is 11.6 Å². The second-order valence-electron chi connectivity index (χ2n) is 5.52. The SMILES string of the molecule is CC(c1n[nH]c(C2CCCC2)n1)N1CCNCC1. The number of aromatic amines is 1. The normalized spacial score (nSPS) is 24.5. The number of hydrogen-bond donors (Lipinski definition) is 2. The van der Waals surface area contributed by atoms with Crippen molar-refractivity contribution < 1.29 is 0 Å². The number of nitrogens with zero attached hydrogens (tertiary/aromatic N) is 3. The predicted molar refractivity (Wildman–Crippen MR) is 70.4 cm³/mol. The fraction of sp³-hybridized carbons (Fsp3) is 0.846. The molecule has 0 aromatic carbocycles. The van der Waals surface area contributed by atoms with Gasteiger partial charge in [-0.1, -0.05) is 12.8 Å². The quantitative estimate of drug-likeness (QED) is 0.851. The van der Waals surface area contributed by atoms with Crippen LogP contribution in [-0.2, 0) is 0 Å². The highest BCUT2D eigenvalue weighted by Crippen LogP contribution is 2.32. The van der Waals surface area contributed by atoms with E-state index in [1.165, 1.54) is 25.7 Å². The summed E-state index contributed by atoms with van der Waals surface area (Å²) in [6.45, 7) is 6.55. The molecule has 1 saturated carbocycles. The summed E-state index contributed by atoms with van der Waals surface area (Å²) >= 11 is 0. The van der Waals surface area contributed by atoms with Gasteiger partial charge in [0.1, 0.15) is 5.82 Å². The van der Waals surface area contributed by atoms with Crippen LogP contribution in [0.15, 0.2) is 0 Å². The van der Waals surface area contributed by atoms with Crippen LogP contribution in [0.25, 0.3) is 0 Å². The molecule has 1 unspecified atom stereocenters. The van der Waals surface area contributed by atoms with Gasteiger partial charge in [0.05, 0.1) is 6.04 Å². The van der Waals surface area contributed by atoms with Crippen LogP contribution in [0.3, 0.4) is 0 Å². The van der Waals surface area contributed by atoms with E-state index in [-0.39, 0.29) is 0 Å². The molecule has 1 aliphatic heterocycles. The molecule has 1 aromatic heterocycles. The summed E-state index contributed by atoms with van der Waals surface area (Å²) in [4.78, 5) is 7.20. The molecule has 1 aromatic rings. The number of rotatable bonds is 3. The maximum absolute atomic E-state index is 4.74. The molecular weight excluding hydrogens is 226 g/mol. The molecule has 0 bridgehead atoms. The molecule has 2 aliphatic rings. The average molecular weight is 249 g/mol. The van der Waals surface area contributed by atoms with Crippen LogP contribution in [-0.4, -0.2) is 46.3 Å². The van der Waals surface area contributed by atoms with E-state index in [9.17, 15) is 0 Å². The molecule has 0 amide bonds. The zero-order valence-corrected chi connectivity index (χ0v) is 11.2. The Bertz CT molecular complexity index is 376. The minimum atomic E-state index is 0.332. The first kappa shape index (κ1) is 12.1. The first-order chi connectivity index (χ1) is 8.84. The molecule has 1 aliphatic carbocycles. The third-order valence-corrected chi connectivity index (χ3v) is 4.33. The van der Waals surface area contributed by atoms with Gasteiger partial charge in [-0.25, -0.2) is 4.98 Å². The highest BCUT2D eigenvalue weighted by molar-refractivity contribution is 5.03. The molecule has 1 atom stereocenters. The lowest BCUT2D eigenvalue weighted by molar-refractivity contribution is 0.179. The highest BCUT2D eigenvalue weighted by Gasteiger charge is 2.24. The summed E-state index contributed by atoms with van der Waals surface area (Å²) < 4.78 is 0. The van der Waals surface area contributed by atoms with Crippen molar-refractivity contribution in [1.82, 2.24) is 25.4 Å². The second kappa shape index (κ2) is 5.36. The van der Waals surface area contributed by atoms with E-state index >= 15 is 0 Å². The Hall–Kier alpha value is -0.940. The molecule has 2 N–H and O–H groups in total. The molecule has 18 heavy (non-hydrogen) atoms. The summed E-state index contributed by atoms with van der Waals surface area (Å²) in [6, 6.07) is 0.332. The molecule has 0 radical (unpaired) electrons. The van der Waals surface area contributed by atoms with Crippen molar-refractivity contribution in [3.8, 4) is 0 Å². The van der Waals surface area contributed by atoms with Crippen molar-refractivity contribution in [1.29, 1.82) is 0 Å². The van der Waals surface area contributed by atoms with E-state index in [1.807, 2.05) is 0 Å². The Morgan fingerprint density at radius 1 is 1.22 bits per heavy atom. The fourth-order valence-corrected chi connectivity index (χ4v) is 3.09. The fourth-order valence-electron chi connectivity index (χ4n) is 3.09. The molecule has 5 heteroatoms. The van der Waals surface area contributed by atoms with Gasteiger partial charge in [0.2, 0.25) is 0 Å². The minimum Gasteiger partial charge on any atom is -0.314 e. The lowest BCUT2D eigenvalue weighted by Crippen LogP contribution is -2.44. The maximum Gasteiger partial charge on any atom is 0.167 e. The van der Waals surface area contributed by atoms with Crippen LogP contribution in [0.4, 0.5) is 0 Å². The topological polar surface area (TPSA) is 56.8 Å². The Balaban J connectivity index is 1.67. The van der Waals surface area contributed by atoms with Crippen LogP contribution in [0, 0.1) is 0 Å². The third kappa shape index (κ3) is 2.42. The Morgan fingerprint density at radius 3 is 2.67 bits per heavy atom. The van der Waals surface area contributed by atoms with Crippen molar-refractivity contribution in [2.75, 3.05) is 26.2 Å². The monoisotopic (exact) mass is 249 g/mol. The van der Waals surface area contributed by atoms with E-state index in [0.29, 0.717) is 12.0 Å². The Morgan fingerprint density at radius 2 is 1.94 bits per heavy atom. The molecule has 0 spiro atoms. The summed E-state index contributed by atoms with van der Waals surface area (Å²) in [5.41, 5.74) is 0. The van der Waals surface area contributed by atoms with Crippen LogP contribution in [0.5, 0.6) is 0 Å². The minimum absolute atomic E-state index is 0.332. The van der Waals surface area contributed by atoms with Crippen molar-refractivity contribution in [2.24, 2.45) is 0 Å². The highest BCUT2D eigenvalue weighted by atomic mass is 15.3. The average Bonchev–Trinajstić information content (AvgIpc) is 3.09. The number of piperazine rings is 1. The second-order valence-corrected chi connectivity index (χ2v) is 5.52. The summed E-state index contributed by atoms with van der Waals surface area (Å²) in [7, 11) is 0. The first-order valence-corrected chi connectivity index (χ1v) is 7.21. The van der Waals surface area contributed by atoms with Crippen LogP contribution in [0.1, 0.15) is 56.2 Å². The van der Waals surface area contributed by atoms with Crippen molar-refractivity contribution in [3.63, 3.8) is 0 Å². The van der Waals surface area contributed by atoms with Gasteiger partial charge in [-0.05, 0) is 19.8 Å². The van der Waals surface area contributed by atoms with E-state index in [1.54, 1.807) is 0 Å². The number of hydrogen-bond acceptors (Lipinski definition) is 4.